The van der Waals surface area contributed by atoms with Gasteiger partial charge < -0.3 is 0 Å². The molecule has 0 saturated carbocycles. The monoisotopic (exact) mass is 238 g/mol. The molecule has 0 spiro atoms. The highest BCUT2D eigenvalue weighted by Crippen LogP contribution is 2.28. The van der Waals surface area contributed by atoms with Crippen LogP contribution in [0, 0.1) is 6.92 Å². The molecule has 0 fully saturated rings. The zero-order chi connectivity index (χ0) is 12.0. The lowest BCUT2D eigenvalue weighted by Crippen LogP contribution is -2.37. The van der Waals surface area contributed by atoms with Gasteiger partial charge in [-0.05, 0) is 25.0 Å². The second-order valence-corrected chi connectivity index (χ2v) is 4.91. The van der Waals surface area contributed by atoms with Crippen molar-refractivity contribution in [3.8, 4) is 0 Å². The Labute approximate surface area is 101 Å². The summed E-state index contributed by atoms with van der Waals surface area (Å²) in [6.07, 6.45) is 1.80. The summed E-state index contributed by atoms with van der Waals surface area (Å²) in [5.74, 6) is 5.08. The van der Waals surface area contributed by atoms with Crippen LogP contribution in [0.15, 0.2) is 29.2 Å². The predicted molar refractivity (Wildman–Crippen MR) is 68.1 cm³/mol. The van der Waals surface area contributed by atoms with Crippen LogP contribution < -0.4 is 11.3 Å². The number of rotatable bonds is 5. The molecule has 0 bridgehead atoms. The van der Waals surface area contributed by atoms with Crippen LogP contribution in [0.3, 0.4) is 0 Å². The minimum atomic E-state index is -0.102. The van der Waals surface area contributed by atoms with Gasteiger partial charge in [-0.2, -0.15) is 0 Å². The van der Waals surface area contributed by atoms with E-state index in [2.05, 4.69) is 12.3 Å². The number of nitrogens with one attached hydrogen (secondary N) is 1. The fraction of sp³-hybridized carbons (Fsp3) is 0.417. The molecule has 1 rings (SSSR count). The first-order chi connectivity index (χ1) is 7.69. The van der Waals surface area contributed by atoms with Gasteiger partial charge in [-0.1, -0.05) is 31.5 Å². The fourth-order valence-electron chi connectivity index (χ4n) is 1.44. The van der Waals surface area contributed by atoms with Gasteiger partial charge in [-0.15, -0.1) is 11.8 Å². The van der Waals surface area contributed by atoms with Crippen LogP contribution in [0.2, 0.25) is 0 Å². The Bertz CT molecular complexity index is 355. The van der Waals surface area contributed by atoms with Crippen molar-refractivity contribution in [3.63, 3.8) is 0 Å². The van der Waals surface area contributed by atoms with E-state index < -0.39 is 0 Å². The van der Waals surface area contributed by atoms with E-state index in [1.54, 1.807) is 11.8 Å². The second kappa shape index (κ2) is 6.55. The average molecular weight is 238 g/mol. The van der Waals surface area contributed by atoms with E-state index in [1.165, 1.54) is 5.56 Å². The lowest BCUT2D eigenvalue weighted by atomic mass is 10.2. The first-order valence-corrected chi connectivity index (χ1v) is 6.29. The second-order valence-electron chi connectivity index (χ2n) is 3.67. The van der Waals surface area contributed by atoms with E-state index in [-0.39, 0.29) is 11.2 Å². The van der Waals surface area contributed by atoms with E-state index in [0.717, 1.165) is 17.7 Å². The molecule has 1 atom stereocenters. The highest BCUT2D eigenvalue weighted by molar-refractivity contribution is 8.00. The quantitative estimate of drug-likeness (QED) is 0.358. The molecule has 0 aliphatic heterocycles. The first kappa shape index (κ1) is 13.1. The van der Waals surface area contributed by atoms with Crippen molar-refractivity contribution < 1.29 is 4.79 Å². The molecule has 0 aliphatic rings. The standard InChI is InChI=1S/C12H18N2OS/c1-3-6-11(12(15)14-13)16-10-8-5-4-7-9(10)2/h4-5,7-8,11H,3,6,13H2,1-2H3,(H,14,15). The van der Waals surface area contributed by atoms with E-state index in [9.17, 15) is 4.79 Å². The van der Waals surface area contributed by atoms with Crippen molar-refractivity contribution in [2.24, 2.45) is 5.84 Å². The number of amides is 1. The number of hydrogen-bond donors (Lipinski definition) is 2. The lowest BCUT2D eigenvalue weighted by Gasteiger charge is -2.15. The van der Waals surface area contributed by atoms with Crippen molar-refractivity contribution in [1.82, 2.24) is 5.43 Å². The summed E-state index contributed by atoms with van der Waals surface area (Å²) in [5.41, 5.74) is 3.42. The van der Waals surface area contributed by atoms with E-state index in [0.29, 0.717) is 0 Å². The summed E-state index contributed by atoms with van der Waals surface area (Å²) in [6.45, 7) is 4.11. The topological polar surface area (TPSA) is 55.1 Å². The fourth-order valence-corrected chi connectivity index (χ4v) is 2.69. The average Bonchev–Trinajstić information content (AvgIpc) is 2.30. The number of hydrogen-bond acceptors (Lipinski definition) is 3. The van der Waals surface area contributed by atoms with Crippen molar-refractivity contribution >= 4 is 17.7 Å². The van der Waals surface area contributed by atoms with Gasteiger partial charge in [-0.25, -0.2) is 5.84 Å². The van der Waals surface area contributed by atoms with Gasteiger partial charge in [-0.3, -0.25) is 10.2 Å². The molecule has 16 heavy (non-hydrogen) atoms. The Morgan fingerprint density at radius 1 is 1.50 bits per heavy atom. The summed E-state index contributed by atoms with van der Waals surface area (Å²) in [5, 5.41) is -0.101. The third-order valence-corrected chi connectivity index (χ3v) is 3.79. The predicted octanol–water partition coefficient (Wildman–Crippen LogP) is 2.25. The molecule has 0 radical (unpaired) electrons. The van der Waals surface area contributed by atoms with Crippen LogP contribution in [-0.2, 0) is 4.79 Å². The maximum Gasteiger partial charge on any atom is 0.247 e. The van der Waals surface area contributed by atoms with Gasteiger partial charge in [0.25, 0.3) is 0 Å². The maximum atomic E-state index is 11.6. The normalized spacial score (nSPS) is 12.2. The molecular weight excluding hydrogens is 220 g/mol. The minimum Gasteiger partial charge on any atom is -0.293 e. The molecule has 0 heterocycles. The Morgan fingerprint density at radius 3 is 2.75 bits per heavy atom. The number of thioether (sulfide) groups is 1. The molecule has 3 N–H and O–H groups in total. The number of hydrazine groups is 1. The van der Waals surface area contributed by atoms with Gasteiger partial charge in [0.05, 0.1) is 5.25 Å². The van der Waals surface area contributed by atoms with Gasteiger partial charge >= 0.3 is 0 Å². The number of nitrogens with two attached hydrogens (primary N) is 1. The van der Waals surface area contributed by atoms with Crippen molar-refractivity contribution in [1.29, 1.82) is 0 Å². The van der Waals surface area contributed by atoms with Crippen LogP contribution in [-0.4, -0.2) is 11.2 Å². The van der Waals surface area contributed by atoms with E-state index >= 15 is 0 Å². The molecule has 4 heteroatoms. The molecule has 88 valence electrons. The number of benzene rings is 1. The molecule has 1 aromatic carbocycles. The Morgan fingerprint density at radius 2 is 2.19 bits per heavy atom. The largest absolute Gasteiger partial charge is 0.293 e. The van der Waals surface area contributed by atoms with Crippen molar-refractivity contribution in [2.45, 2.75) is 36.8 Å². The van der Waals surface area contributed by atoms with Crippen LogP contribution in [0.25, 0.3) is 0 Å². The number of carbonyl (C=O) groups excluding carboxylic acids is 1. The molecule has 1 aromatic rings. The lowest BCUT2D eigenvalue weighted by molar-refractivity contribution is -0.120. The van der Waals surface area contributed by atoms with Crippen LogP contribution >= 0.6 is 11.8 Å². The molecule has 0 aromatic heterocycles. The SMILES string of the molecule is CCCC(Sc1ccccc1C)C(=O)NN. The molecule has 1 unspecified atom stereocenters. The highest BCUT2D eigenvalue weighted by Gasteiger charge is 2.18. The summed E-state index contributed by atoms with van der Waals surface area (Å²) in [7, 11) is 0. The highest BCUT2D eigenvalue weighted by atomic mass is 32.2. The van der Waals surface area contributed by atoms with Gasteiger partial charge in [0.2, 0.25) is 5.91 Å². The van der Waals surface area contributed by atoms with E-state index in [1.807, 2.05) is 31.2 Å². The Kier molecular flexibility index (Phi) is 5.35. The van der Waals surface area contributed by atoms with Gasteiger partial charge in [0.1, 0.15) is 0 Å². The number of aryl methyl sites for hydroxylation is 1. The third kappa shape index (κ3) is 3.54. The number of carbonyl (C=O) groups is 1. The van der Waals surface area contributed by atoms with Crippen LogP contribution in [0.1, 0.15) is 25.3 Å². The molecule has 3 nitrogen and oxygen atoms in total. The molecule has 0 aliphatic carbocycles. The smallest absolute Gasteiger partial charge is 0.247 e. The maximum absolute atomic E-state index is 11.6. The Balaban J connectivity index is 2.75. The Hall–Kier alpha value is -1.00. The molecule has 0 saturated heterocycles. The van der Waals surface area contributed by atoms with Crippen LogP contribution in [0.4, 0.5) is 0 Å². The summed E-state index contributed by atoms with van der Waals surface area (Å²) < 4.78 is 0. The van der Waals surface area contributed by atoms with Gasteiger partial charge in [0, 0.05) is 4.90 Å². The zero-order valence-electron chi connectivity index (χ0n) is 9.69. The van der Waals surface area contributed by atoms with Crippen molar-refractivity contribution in [2.75, 3.05) is 0 Å². The van der Waals surface area contributed by atoms with Gasteiger partial charge in [0.15, 0.2) is 0 Å². The minimum absolute atomic E-state index is 0.101. The van der Waals surface area contributed by atoms with E-state index in [4.69, 9.17) is 5.84 Å². The van der Waals surface area contributed by atoms with Crippen molar-refractivity contribution in [3.05, 3.63) is 29.8 Å². The summed E-state index contributed by atoms with van der Waals surface area (Å²) in [6, 6.07) is 8.06. The van der Waals surface area contributed by atoms with Crippen LogP contribution in [0.5, 0.6) is 0 Å². The third-order valence-electron chi connectivity index (χ3n) is 2.35. The molecular formula is C12H18N2OS. The summed E-state index contributed by atoms with van der Waals surface area (Å²) in [4.78, 5) is 12.7. The molecule has 1 amide bonds. The zero-order valence-corrected chi connectivity index (χ0v) is 10.5. The first-order valence-electron chi connectivity index (χ1n) is 5.41. The summed E-state index contributed by atoms with van der Waals surface area (Å²) >= 11 is 1.58.